The van der Waals surface area contributed by atoms with Gasteiger partial charge in [-0.3, -0.25) is 4.79 Å². The molecule has 4 rings (SSSR count). The Morgan fingerprint density at radius 3 is 2.20 bits per heavy atom. The predicted octanol–water partition coefficient (Wildman–Crippen LogP) is 10.6. The molecular formula is C39H56O5Si. The topological polar surface area (TPSA) is 72.8 Å². The van der Waals surface area contributed by atoms with E-state index in [0.29, 0.717) is 17.9 Å². The molecule has 2 aliphatic rings. The summed E-state index contributed by atoms with van der Waals surface area (Å²) >= 11 is 0. The Kier molecular flexibility index (Phi) is 12.7. The van der Waals surface area contributed by atoms with Crippen LogP contribution in [0.2, 0.25) is 18.1 Å². The molecule has 246 valence electrons. The van der Waals surface area contributed by atoms with Crippen LogP contribution in [0, 0.1) is 11.8 Å². The Morgan fingerprint density at radius 1 is 0.911 bits per heavy atom. The molecule has 1 unspecified atom stereocenters. The molecule has 3 atom stereocenters. The van der Waals surface area contributed by atoms with Crippen LogP contribution in [-0.4, -0.2) is 37.6 Å². The zero-order valence-electron chi connectivity index (χ0n) is 28.4. The molecular weight excluding hydrogens is 577 g/mol. The molecule has 0 aromatic heterocycles. The highest BCUT2D eigenvalue weighted by atomic mass is 28.4. The lowest BCUT2D eigenvalue weighted by Gasteiger charge is -2.41. The van der Waals surface area contributed by atoms with Crippen LogP contribution in [0.3, 0.4) is 0 Å². The molecule has 2 aromatic rings. The lowest BCUT2D eigenvalue weighted by atomic mass is 9.87. The molecule has 0 bridgehead atoms. The monoisotopic (exact) mass is 632 g/mol. The molecule has 45 heavy (non-hydrogen) atoms. The third-order valence-electron chi connectivity index (χ3n) is 10.6. The standard InChI is InChI=1S/C39H56O5Si/c1-39(2,3)45(4,5)44-35(32-17-13-14-18-32)27-25-31-26-28-36(34(31)19-11-6-7-12-20-37(40)41)43-38(42)33-23-21-30(22-24-33)29-15-9-8-10-16-29/h8-10,15-16,21-24,26,32,34-36H,6-7,11-14,17-20,25,27-28H2,1-5H3,(H,40,41)/t34-,35?,36+/m1/s1. The summed E-state index contributed by atoms with van der Waals surface area (Å²) in [4.78, 5) is 24.3. The number of carbonyl (C=O) groups is 2. The summed E-state index contributed by atoms with van der Waals surface area (Å²) in [6, 6.07) is 17.9. The van der Waals surface area contributed by atoms with Crippen LogP contribution in [0.4, 0.5) is 0 Å². The highest BCUT2D eigenvalue weighted by Crippen LogP contribution is 2.43. The Morgan fingerprint density at radius 2 is 1.56 bits per heavy atom. The summed E-state index contributed by atoms with van der Waals surface area (Å²) in [7, 11) is -1.90. The average Bonchev–Trinajstić information content (AvgIpc) is 3.67. The molecule has 0 saturated heterocycles. The molecule has 1 fully saturated rings. The number of ether oxygens (including phenoxy) is 1. The van der Waals surface area contributed by atoms with Crippen LogP contribution < -0.4 is 0 Å². The van der Waals surface area contributed by atoms with Crippen molar-refractivity contribution in [1.82, 2.24) is 0 Å². The number of esters is 1. The Balaban J connectivity index is 1.41. The zero-order valence-corrected chi connectivity index (χ0v) is 29.4. The second-order valence-electron chi connectivity index (χ2n) is 14.9. The van der Waals surface area contributed by atoms with Crippen molar-refractivity contribution >= 4 is 20.3 Å². The number of aliphatic carboxylic acids is 1. The Hall–Kier alpha value is -2.70. The maximum atomic E-state index is 13.4. The van der Waals surface area contributed by atoms with Crippen LogP contribution in [0.25, 0.3) is 11.1 Å². The first-order valence-electron chi connectivity index (χ1n) is 17.4. The zero-order chi connectivity index (χ0) is 32.5. The van der Waals surface area contributed by atoms with Crippen molar-refractivity contribution in [2.24, 2.45) is 11.8 Å². The van der Waals surface area contributed by atoms with Crippen LogP contribution in [-0.2, 0) is 14.0 Å². The van der Waals surface area contributed by atoms with Crippen LogP contribution >= 0.6 is 0 Å². The highest BCUT2D eigenvalue weighted by molar-refractivity contribution is 6.74. The van der Waals surface area contributed by atoms with Gasteiger partial charge in [0.2, 0.25) is 0 Å². The molecule has 0 aliphatic heterocycles. The van der Waals surface area contributed by atoms with Gasteiger partial charge < -0.3 is 14.3 Å². The number of carboxylic acids is 1. The SMILES string of the molecule is CC(C)(C)[Si](C)(C)OC(CCC1=CC[C@H](OC(=O)c2ccc(-c3ccccc3)cc2)[C@@H]1CCCCCCC(=O)O)C1CCCC1. The van der Waals surface area contributed by atoms with E-state index >= 15 is 0 Å². The fourth-order valence-corrected chi connectivity index (χ4v) is 8.24. The maximum Gasteiger partial charge on any atom is 0.338 e. The Bertz CT molecular complexity index is 1250. The highest BCUT2D eigenvalue weighted by Gasteiger charge is 2.41. The van der Waals surface area contributed by atoms with E-state index < -0.39 is 14.3 Å². The van der Waals surface area contributed by atoms with E-state index in [1.807, 2.05) is 42.5 Å². The molecule has 0 spiro atoms. The van der Waals surface area contributed by atoms with E-state index in [1.165, 1.54) is 31.3 Å². The quantitative estimate of drug-likeness (QED) is 0.0863. The molecule has 2 aromatic carbocycles. The molecule has 1 saturated carbocycles. The van der Waals surface area contributed by atoms with Gasteiger partial charge in [0.1, 0.15) is 6.10 Å². The minimum atomic E-state index is -1.90. The largest absolute Gasteiger partial charge is 0.481 e. The number of hydrogen-bond donors (Lipinski definition) is 1. The molecule has 2 aliphatic carbocycles. The van der Waals surface area contributed by atoms with Crippen molar-refractivity contribution in [2.45, 2.75) is 135 Å². The Labute approximate surface area is 272 Å². The summed E-state index contributed by atoms with van der Waals surface area (Å²) in [6.07, 6.45) is 15.2. The van der Waals surface area contributed by atoms with Crippen molar-refractivity contribution in [3.63, 3.8) is 0 Å². The predicted molar refractivity (Wildman–Crippen MR) is 186 cm³/mol. The lowest BCUT2D eigenvalue weighted by molar-refractivity contribution is -0.137. The summed E-state index contributed by atoms with van der Waals surface area (Å²) in [5.41, 5.74) is 4.20. The first-order chi connectivity index (χ1) is 21.4. The smallest absolute Gasteiger partial charge is 0.338 e. The number of carboxylic acid groups (broad SMARTS) is 1. The molecule has 0 amide bonds. The molecule has 6 heteroatoms. The third-order valence-corrected chi connectivity index (χ3v) is 15.1. The summed E-state index contributed by atoms with van der Waals surface area (Å²) in [6.45, 7) is 11.7. The van der Waals surface area contributed by atoms with Crippen LogP contribution in [0.5, 0.6) is 0 Å². The minimum Gasteiger partial charge on any atom is -0.481 e. The molecule has 0 radical (unpaired) electrons. The number of carbonyl (C=O) groups excluding carboxylic acids is 1. The maximum absolute atomic E-state index is 13.4. The number of benzene rings is 2. The van der Waals surface area contributed by atoms with Crippen molar-refractivity contribution < 1.29 is 23.9 Å². The van der Waals surface area contributed by atoms with Crippen molar-refractivity contribution in [3.8, 4) is 11.1 Å². The van der Waals surface area contributed by atoms with Crippen molar-refractivity contribution in [2.75, 3.05) is 0 Å². The van der Waals surface area contributed by atoms with Gasteiger partial charge in [0, 0.05) is 24.9 Å². The fourth-order valence-electron chi connectivity index (χ4n) is 6.82. The number of rotatable bonds is 16. The second-order valence-corrected chi connectivity index (χ2v) is 19.6. The van der Waals surface area contributed by atoms with E-state index in [0.717, 1.165) is 56.1 Å². The van der Waals surface area contributed by atoms with Crippen molar-refractivity contribution in [1.29, 1.82) is 0 Å². The van der Waals surface area contributed by atoms with E-state index in [9.17, 15) is 9.59 Å². The molecule has 0 heterocycles. The van der Waals surface area contributed by atoms with Gasteiger partial charge in [0.15, 0.2) is 8.32 Å². The third kappa shape index (κ3) is 10.1. The number of hydrogen-bond acceptors (Lipinski definition) is 4. The summed E-state index contributed by atoms with van der Waals surface area (Å²) in [5.74, 6) is -0.141. The normalized spacial score (nSPS) is 19.8. The summed E-state index contributed by atoms with van der Waals surface area (Å²) in [5, 5.41) is 9.18. The van der Waals surface area contributed by atoms with Crippen LogP contribution in [0.1, 0.15) is 115 Å². The van der Waals surface area contributed by atoms with E-state index in [-0.39, 0.29) is 35.6 Å². The molecule has 5 nitrogen and oxygen atoms in total. The van der Waals surface area contributed by atoms with Gasteiger partial charge in [-0.05, 0) is 85.8 Å². The first kappa shape index (κ1) is 35.2. The average molecular weight is 633 g/mol. The molecule has 1 N–H and O–H groups in total. The van der Waals surface area contributed by atoms with E-state index in [2.05, 4.69) is 52.1 Å². The summed E-state index contributed by atoms with van der Waals surface area (Å²) < 4.78 is 13.3. The van der Waals surface area contributed by atoms with Gasteiger partial charge in [-0.1, -0.05) is 107 Å². The van der Waals surface area contributed by atoms with Gasteiger partial charge in [-0.25, -0.2) is 4.79 Å². The van der Waals surface area contributed by atoms with Gasteiger partial charge in [0.25, 0.3) is 0 Å². The second kappa shape index (κ2) is 16.2. The number of unbranched alkanes of at least 4 members (excludes halogenated alkanes) is 3. The van der Waals surface area contributed by atoms with E-state index in [1.54, 1.807) is 0 Å². The van der Waals surface area contributed by atoms with Gasteiger partial charge in [-0.15, -0.1) is 0 Å². The fraction of sp³-hybridized carbons (Fsp3) is 0.590. The van der Waals surface area contributed by atoms with Gasteiger partial charge in [-0.2, -0.15) is 0 Å². The minimum absolute atomic E-state index is 0.161. The first-order valence-corrected chi connectivity index (χ1v) is 20.3. The van der Waals surface area contributed by atoms with Gasteiger partial charge in [0.05, 0.1) is 5.56 Å². The van der Waals surface area contributed by atoms with Gasteiger partial charge >= 0.3 is 11.9 Å². The lowest BCUT2D eigenvalue weighted by Crippen LogP contribution is -2.45. The van der Waals surface area contributed by atoms with Crippen LogP contribution in [0.15, 0.2) is 66.2 Å². The van der Waals surface area contributed by atoms with E-state index in [4.69, 9.17) is 14.3 Å². The van der Waals surface area contributed by atoms with Crippen molar-refractivity contribution in [3.05, 3.63) is 71.8 Å².